The van der Waals surface area contributed by atoms with Crippen LogP contribution in [0.15, 0.2) is 24.3 Å². The average Bonchev–Trinajstić information content (AvgIpc) is 2.57. The zero-order valence-corrected chi connectivity index (χ0v) is 16.2. The summed E-state index contributed by atoms with van der Waals surface area (Å²) in [5, 5.41) is 2.65. The second-order valence-electron chi connectivity index (χ2n) is 6.53. The van der Waals surface area contributed by atoms with Crippen molar-refractivity contribution in [2.45, 2.75) is 40.2 Å². The number of carbonyl (C=O) groups is 2. The molecule has 0 bridgehead atoms. The van der Waals surface area contributed by atoms with Gasteiger partial charge >= 0.3 is 5.97 Å². The Hall–Kier alpha value is -2.50. The number of ether oxygens (including phenoxy) is 3. The maximum Gasteiger partial charge on any atom is 0.307 e. The molecule has 1 rings (SSSR count). The molecule has 6 nitrogen and oxygen atoms in total. The number of carbonyl (C=O) groups excluding carboxylic acids is 2. The molecule has 0 saturated heterocycles. The smallest absolute Gasteiger partial charge is 0.307 e. The van der Waals surface area contributed by atoms with Gasteiger partial charge in [0.2, 0.25) is 5.91 Å². The van der Waals surface area contributed by atoms with E-state index in [4.69, 9.17) is 14.2 Å². The van der Waals surface area contributed by atoms with Crippen molar-refractivity contribution in [2.24, 2.45) is 5.92 Å². The molecule has 0 aliphatic heterocycles. The highest BCUT2D eigenvalue weighted by molar-refractivity contribution is 5.92. The van der Waals surface area contributed by atoms with Crippen LogP contribution in [0.2, 0.25) is 0 Å². The minimum atomic E-state index is -0.328. The summed E-state index contributed by atoms with van der Waals surface area (Å²) < 4.78 is 16.0. The summed E-state index contributed by atoms with van der Waals surface area (Å²) in [5.74, 6) is 1.10. The molecule has 1 N–H and O–H groups in total. The maximum absolute atomic E-state index is 11.8. The lowest BCUT2D eigenvalue weighted by atomic mass is 10.2. The van der Waals surface area contributed by atoms with E-state index in [-0.39, 0.29) is 30.9 Å². The molecule has 0 fully saturated rings. The first-order valence-corrected chi connectivity index (χ1v) is 8.78. The highest BCUT2D eigenvalue weighted by Crippen LogP contribution is 2.28. The quantitative estimate of drug-likeness (QED) is 0.510. The summed E-state index contributed by atoms with van der Waals surface area (Å²) >= 11 is 0. The Kier molecular flexibility index (Phi) is 9.26. The van der Waals surface area contributed by atoms with E-state index in [9.17, 15) is 9.59 Å². The van der Waals surface area contributed by atoms with E-state index in [1.54, 1.807) is 33.1 Å². The largest absolute Gasteiger partial charge is 0.493 e. The minimum Gasteiger partial charge on any atom is -0.493 e. The van der Waals surface area contributed by atoms with E-state index in [0.29, 0.717) is 24.0 Å². The predicted octanol–water partition coefficient (Wildman–Crippen LogP) is 3.20. The molecule has 1 aromatic rings. The summed E-state index contributed by atoms with van der Waals surface area (Å²) in [7, 11) is 1.58. The van der Waals surface area contributed by atoms with E-state index in [0.717, 1.165) is 5.56 Å². The third-order valence-electron chi connectivity index (χ3n) is 3.18. The van der Waals surface area contributed by atoms with Gasteiger partial charge in [0.05, 0.1) is 26.2 Å². The molecule has 0 aliphatic rings. The third kappa shape index (κ3) is 8.55. The van der Waals surface area contributed by atoms with Gasteiger partial charge in [0.15, 0.2) is 11.5 Å². The van der Waals surface area contributed by atoms with Crippen molar-refractivity contribution in [2.75, 3.05) is 20.3 Å². The summed E-state index contributed by atoms with van der Waals surface area (Å²) in [6.45, 7) is 8.56. The first-order valence-electron chi connectivity index (χ1n) is 8.78. The van der Waals surface area contributed by atoms with Gasteiger partial charge in [-0.15, -0.1) is 0 Å². The van der Waals surface area contributed by atoms with Crippen molar-refractivity contribution in [1.82, 2.24) is 5.32 Å². The number of methoxy groups -OCH3 is 1. The molecular weight excluding hydrogens is 334 g/mol. The molecule has 0 saturated carbocycles. The molecule has 1 amide bonds. The second kappa shape index (κ2) is 11.2. The number of benzene rings is 1. The standard InChI is InChI=1S/C20H29NO5/c1-14(2)13-25-17-8-6-16(12-18(17)24-5)7-9-19(22)21-11-10-20(23)26-15(3)4/h6-9,12,14-15H,10-11,13H2,1-5H3,(H,21,22)/b9-7+. The molecule has 0 spiro atoms. The maximum atomic E-state index is 11.8. The zero-order chi connectivity index (χ0) is 19.5. The van der Waals surface area contributed by atoms with Gasteiger partial charge in [0, 0.05) is 12.6 Å². The lowest BCUT2D eigenvalue weighted by Crippen LogP contribution is -2.25. The molecule has 26 heavy (non-hydrogen) atoms. The Labute approximate surface area is 155 Å². The number of hydrogen-bond donors (Lipinski definition) is 1. The first kappa shape index (κ1) is 21.5. The second-order valence-corrected chi connectivity index (χ2v) is 6.53. The highest BCUT2D eigenvalue weighted by atomic mass is 16.5. The van der Waals surface area contributed by atoms with Crippen molar-refractivity contribution in [1.29, 1.82) is 0 Å². The highest BCUT2D eigenvalue weighted by Gasteiger charge is 2.07. The van der Waals surface area contributed by atoms with E-state index in [1.165, 1.54) is 6.08 Å². The fourth-order valence-electron chi connectivity index (χ4n) is 2.00. The van der Waals surface area contributed by atoms with Crippen molar-refractivity contribution >= 4 is 18.0 Å². The monoisotopic (exact) mass is 363 g/mol. The molecular formula is C20H29NO5. The average molecular weight is 363 g/mol. The summed E-state index contributed by atoms with van der Waals surface area (Å²) in [4.78, 5) is 23.2. The van der Waals surface area contributed by atoms with Crippen molar-refractivity contribution in [3.8, 4) is 11.5 Å². The van der Waals surface area contributed by atoms with Gasteiger partial charge in [-0.05, 0) is 43.5 Å². The molecule has 1 aromatic carbocycles. The van der Waals surface area contributed by atoms with Crippen LogP contribution in [0, 0.1) is 5.92 Å². The van der Waals surface area contributed by atoms with Crippen LogP contribution < -0.4 is 14.8 Å². The van der Waals surface area contributed by atoms with Gasteiger partial charge in [-0.3, -0.25) is 9.59 Å². The molecule has 0 atom stereocenters. The fourth-order valence-corrected chi connectivity index (χ4v) is 2.00. The fraction of sp³-hybridized carbons (Fsp3) is 0.500. The van der Waals surface area contributed by atoms with E-state index >= 15 is 0 Å². The minimum absolute atomic E-state index is 0.146. The van der Waals surface area contributed by atoms with Gasteiger partial charge in [-0.25, -0.2) is 0 Å². The van der Waals surface area contributed by atoms with Crippen LogP contribution in [-0.2, 0) is 14.3 Å². The number of amides is 1. The summed E-state index contributed by atoms with van der Waals surface area (Å²) in [6, 6.07) is 5.47. The number of rotatable bonds is 10. The Morgan fingerprint density at radius 3 is 2.50 bits per heavy atom. The molecule has 0 aliphatic carbocycles. The Morgan fingerprint density at radius 1 is 1.15 bits per heavy atom. The molecule has 0 unspecified atom stereocenters. The Balaban J connectivity index is 2.53. The topological polar surface area (TPSA) is 73.9 Å². The number of hydrogen-bond acceptors (Lipinski definition) is 5. The SMILES string of the molecule is COc1cc(/C=C/C(=O)NCCC(=O)OC(C)C)ccc1OCC(C)C. The zero-order valence-electron chi connectivity index (χ0n) is 16.2. The van der Waals surface area contributed by atoms with Crippen LogP contribution in [0.1, 0.15) is 39.7 Å². The van der Waals surface area contributed by atoms with Crippen molar-refractivity contribution in [3.05, 3.63) is 29.8 Å². The summed E-state index contributed by atoms with van der Waals surface area (Å²) in [6.07, 6.45) is 3.09. The van der Waals surface area contributed by atoms with Gasteiger partial charge in [0.25, 0.3) is 0 Å². The first-order chi connectivity index (χ1) is 12.3. The molecule has 0 radical (unpaired) electrons. The van der Waals surface area contributed by atoms with Gasteiger partial charge < -0.3 is 19.5 Å². The molecule has 144 valence electrons. The van der Waals surface area contributed by atoms with Crippen LogP contribution in [-0.4, -0.2) is 38.2 Å². The molecule has 6 heteroatoms. The Morgan fingerprint density at radius 2 is 1.88 bits per heavy atom. The van der Waals surface area contributed by atoms with E-state index < -0.39 is 0 Å². The van der Waals surface area contributed by atoms with Gasteiger partial charge in [-0.1, -0.05) is 19.9 Å². The molecule has 0 heterocycles. The van der Waals surface area contributed by atoms with E-state index in [1.807, 2.05) is 12.1 Å². The lowest BCUT2D eigenvalue weighted by molar-refractivity contribution is -0.147. The van der Waals surface area contributed by atoms with Crippen LogP contribution >= 0.6 is 0 Å². The van der Waals surface area contributed by atoms with Crippen LogP contribution in [0.3, 0.4) is 0 Å². The predicted molar refractivity (Wildman–Crippen MR) is 101 cm³/mol. The summed E-state index contributed by atoms with van der Waals surface area (Å²) in [5.41, 5.74) is 0.813. The third-order valence-corrected chi connectivity index (χ3v) is 3.18. The van der Waals surface area contributed by atoms with Crippen LogP contribution in [0.5, 0.6) is 11.5 Å². The lowest BCUT2D eigenvalue weighted by Gasteiger charge is -2.12. The van der Waals surface area contributed by atoms with Crippen molar-refractivity contribution in [3.63, 3.8) is 0 Å². The normalized spacial score (nSPS) is 11.0. The Bertz CT molecular complexity index is 623. The van der Waals surface area contributed by atoms with Crippen LogP contribution in [0.25, 0.3) is 6.08 Å². The van der Waals surface area contributed by atoms with E-state index in [2.05, 4.69) is 19.2 Å². The van der Waals surface area contributed by atoms with Gasteiger partial charge in [-0.2, -0.15) is 0 Å². The van der Waals surface area contributed by atoms with Gasteiger partial charge in [0.1, 0.15) is 0 Å². The van der Waals surface area contributed by atoms with Crippen LogP contribution in [0.4, 0.5) is 0 Å². The molecule has 0 aromatic heterocycles. The number of esters is 1. The number of nitrogens with one attached hydrogen (secondary N) is 1. The van der Waals surface area contributed by atoms with Crippen molar-refractivity contribution < 1.29 is 23.8 Å².